The van der Waals surface area contributed by atoms with E-state index in [9.17, 15) is 5.11 Å². The second-order valence-corrected chi connectivity index (χ2v) is 2.13. The quantitative estimate of drug-likeness (QED) is 0.665. The van der Waals surface area contributed by atoms with Gasteiger partial charge in [0.15, 0.2) is 11.5 Å². The molecule has 0 saturated carbocycles. The zero-order chi connectivity index (χ0) is 8.27. The highest BCUT2D eigenvalue weighted by Crippen LogP contribution is 2.28. The number of methoxy groups -OCH3 is 1. The Hall–Kier alpha value is -1.22. The van der Waals surface area contributed by atoms with Crippen molar-refractivity contribution in [3.05, 3.63) is 23.8 Å². The van der Waals surface area contributed by atoms with E-state index in [2.05, 4.69) is 0 Å². The third-order valence-corrected chi connectivity index (χ3v) is 1.47. The van der Waals surface area contributed by atoms with Gasteiger partial charge in [-0.15, -0.1) is 0 Å². The molecular formula is C8H10O3. The molecule has 0 saturated heterocycles. The summed E-state index contributed by atoms with van der Waals surface area (Å²) in [6.07, 6.45) is 0. The van der Waals surface area contributed by atoms with Crippen molar-refractivity contribution in [3.8, 4) is 11.5 Å². The Labute approximate surface area is 64.9 Å². The molecule has 0 heterocycles. The molecule has 0 spiro atoms. The number of aromatic hydroxyl groups is 1. The monoisotopic (exact) mass is 154 g/mol. The van der Waals surface area contributed by atoms with Gasteiger partial charge in [0, 0.05) is 5.56 Å². The predicted molar refractivity (Wildman–Crippen MR) is 40.6 cm³/mol. The van der Waals surface area contributed by atoms with Gasteiger partial charge in [0.05, 0.1) is 13.7 Å². The molecule has 0 aliphatic heterocycles. The van der Waals surface area contributed by atoms with Gasteiger partial charge in [-0.1, -0.05) is 12.1 Å². The van der Waals surface area contributed by atoms with Crippen LogP contribution in [-0.4, -0.2) is 17.3 Å². The Kier molecular flexibility index (Phi) is 2.33. The van der Waals surface area contributed by atoms with Crippen LogP contribution in [0, 0.1) is 0 Å². The molecule has 2 N–H and O–H groups in total. The van der Waals surface area contributed by atoms with Crippen LogP contribution in [0.5, 0.6) is 11.5 Å². The Bertz CT molecular complexity index is 223. The third-order valence-electron chi connectivity index (χ3n) is 1.47. The average Bonchev–Trinajstić information content (AvgIpc) is 2.05. The molecule has 0 fully saturated rings. The molecule has 11 heavy (non-hydrogen) atoms. The smallest absolute Gasteiger partial charge is 0.163 e. The Morgan fingerprint density at radius 2 is 2.18 bits per heavy atom. The zero-order valence-corrected chi connectivity index (χ0v) is 6.24. The van der Waals surface area contributed by atoms with Crippen molar-refractivity contribution < 1.29 is 14.9 Å². The van der Waals surface area contributed by atoms with Gasteiger partial charge in [-0.05, 0) is 6.07 Å². The number of aliphatic hydroxyl groups is 1. The van der Waals surface area contributed by atoms with Gasteiger partial charge < -0.3 is 14.9 Å². The maximum atomic E-state index is 9.30. The first-order valence-electron chi connectivity index (χ1n) is 3.25. The van der Waals surface area contributed by atoms with Crippen LogP contribution in [0.25, 0.3) is 0 Å². The zero-order valence-electron chi connectivity index (χ0n) is 6.24. The van der Waals surface area contributed by atoms with Crippen LogP contribution in [0.15, 0.2) is 18.2 Å². The number of aliphatic hydroxyl groups excluding tert-OH is 1. The lowest BCUT2D eigenvalue weighted by Crippen LogP contribution is -1.88. The lowest BCUT2D eigenvalue weighted by Gasteiger charge is -2.05. The minimum Gasteiger partial charge on any atom is -0.504 e. The van der Waals surface area contributed by atoms with E-state index in [-0.39, 0.29) is 12.4 Å². The summed E-state index contributed by atoms with van der Waals surface area (Å²) in [5, 5.41) is 18.0. The van der Waals surface area contributed by atoms with Gasteiger partial charge >= 0.3 is 0 Å². The van der Waals surface area contributed by atoms with Gasteiger partial charge in [0.2, 0.25) is 0 Å². The molecule has 0 aliphatic rings. The molecule has 1 aromatic rings. The van der Waals surface area contributed by atoms with Crippen molar-refractivity contribution in [2.45, 2.75) is 6.61 Å². The number of ether oxygens (including phenoxy) is 1. The van der Waals surface area contributed by atoms with Crippen molar-refractivity contribution in [2.75, 3.05) is 7.11 Å². The van der Waals surface area contributed by atoms with Gasteiger partial charge in [0.1, 0.15) is 0 Å². The Balaban J connectivity index is 3.10. The minimum absolute atomic E-state index is 0.0116. The lowest BCUT2D eigenvalue weighted by atomic mass is 10.2. The summed E-state index contributed by atoms with van der Waals surface area (Å²) in [7, 11) is 1.47. The van der Waals surface area contributed by atoms with Crippen LogP contribution in [-0.2, 0) is 6.61 Å². The number of phenols is 1. The first-order chi connectivity index (χ1) is 5.29. The van der Waals surface area contributed by atoms with Gasteiger partial charge in [-0.25, -0.2) is 0 Å². The highest BCUT2D eigenvalue weighted by Gasteiger charge is 2.04. The molecule has 3 nitrogen and oxygen atoms in total. The highest BCUT2D eigenvalue weighted by molar-refractivity contribution is 5.44. The van der Waals surface area contributed by atoms with E-state index in [0.29, 0.717) is 11.3 Å². The molecule has 0 bridgehead atoms. The molecule has 3 heteroatoms. The third kappa shape index (κ3) is 1.43. The van der Waals surface area contributed by atoms with Crippen LogP contribution < -0.4 is 4.74 Å². The molecule has 0 amide bonds. The van der Waals surface area contributed by atoms with E-state index in [4.69, 9.17) is 9.84 Å². The van der Waals surface area contributed by atoms with Crippen LogP contribution >= 0.6 is 0 Å². The van der Waals surface area contributed by atoms with Gasteiger partial charge in [0.25, 0.3) is 0 Å². The number of para-hydroxylation sites is 1. The second-order valence-electron chi connectivity index (χ2n) is 2.13. The first-order valence-corrected chi connectivity index (χ1v) is 3.25. The van der Waals surface area contributed by atoms with Crippen molar-refractivity contribution in [1.29, 1.82) is 0 Å². The van der Waals surface area contributed by atoms with Crippen LogP contribution in [0.4, 0.5) is 0 Å². The number of benzene rings is 1. The van der Waals surface area contributed by atoms with E-state index in [0.717, 1.165) is 0 Å². The average molecular weight is 154 g/mol. The fourth-order valence-electron chi connectivity index (χ4n) is 0.860. The van der Waals surface area contributed by atoms with E-state index < -0.39 is 0 Å². The molecule has 1 rings (SSSR count). The Morgan fingerprint density at radius 3 is 2.73 bits per heavy atom. The second kappa shape index (κ2) is 3.25. The maximum absolute atomic E-state index is 9.30. The lowest BCUT2D eigenvalue weighted by molar-refractivity contribution is 0.272. The summed E-state index contributed by atoms with van der Waals surface area (Å²) in [4.78, 5) is 0. The van der Waals surface area contributed by atoms with Crippen molar-refractivity contribution >= 4 is 0 Å². The highest BCUT2D eigenvalue weighted by atomic mass is 16.5. The van der Waals surface area contributed by atoms with Gasteiger partial charge in [-0.3, -0.25) is 0 Å². The molecule has 0 aromatic heterocycles. The SMILES string of the molecule is COc1cccc(CO)c1O. The molecule has 1 aromatic carbocycles. The first kappa shape index (κ1) is 7.88. The number of rotatable bonds is 2. The standard InChI is InChI=1S/C8H10O3/c1-11-7-4-2-3-6(5-9)8(7)10/h2-4,9-10H,5H2,1H3. The fourth-order valence-corrected chi connectivity index (χ4v) is 0.860. The molecule has 0 atom stereocenters. The molecule has 0 unspecified atom stereocenters. The number of hydrogen-bond acceptors (Lipinski definition) is 3. The summed E-state index contributed by atoms with van der Waals surface area (Å²) in [6.45, 7) is -0.178. The summed E-state index contributed by atoms with van der Waals surface area (Å²) < 4.78 is 4.83. The summed E-state index contributed by atoms with van der Waals surface area (Å²) in [6, 6.07) is 4.98. The van der Waals surface area contributed by atoms with Crippen molar-refractivity contribution in [1.82, 2.24) is 0 Å². The summed E-state index contributed by atoms with van der Waals surface area (Å²) in [5.74, 6) is 0.397. The largest absolute Gasteiger partial charge is 0.504 e. The normalized spacial score (nSPS) is 9.64. The topological polar surface area (TPSA) is 49.7 Å². The number of hydrogen-bond donors (Lipinski definition) is 2. The summed E-state index contributed by atoms with van der Waals surface area (Å²) >= 11 is 0. The van der Waals surface area contributed by atoms with E-state index in [1.165, 1.54) is 7.11 Å². The molecule has 0 aliphatic carbocycles. The molecular weight excluding hydrogens is 144 g/mol. The fraction of sp³-hybridized carbons (Fsp3) is 0.250. The maximum Gasteiger partial charge on any atom is 0.163 e. The van der Waals surface area contributed by atoms with Crippen LogP contribution in [0.2, 0.25) is 0 Å². The van der Waals surface area contributed by atoms with Crippen molar-refractivity contribution in [2.24, 2.45) is 0 Å². The summed E-state index contributed by atoms with van der Waals surface area (Å²) in [5.41, 5.74) is 0.476. The van der Waals surface area contributed by atoms with Crippen LogP contribution in [0.3, 0.4) is 0 Å². The molecule has 60 valence electrons. The minimum atomic E-state index is -0.178. The van der Waals surface area contributed by atoms with E-state index in [1.54, 1.807) is 18.2 Å². The van der Waals surface area contributed by atoms with Gasteiger partial charge in [-0.2, -0.15) is 0 Å². The Morgan fingerprint density at radius 1 is 1.45 bits per heavy atom. The van der Waals surface area contributed by atoms with E-state index >= 15 is 0 Å². The van der Waals surface area contributed by atoms with E-state index in [1.807, 2.05) is 0 Å². The van der Waals surface area contributed by atoms with Crippen molar-refractivity contribution in [3.63, 3.8) is 0 Å². The molecule has 0 radical (unpaired) electrons. The van der Waals surface area contributed by atoms with Crippen LogP contribution in [0.1, 0.15) is 5.56 Å². The predicted octanol–water partition coefficient (Wildman–Crippen LogP) is 0.893.